The first kappa shape index (κ1) is 16.3. The van der Waals surface area contributed by atoms with Crippen molar-refractivity contribution < 1.29 is 9.21 Å². The summed E-state index contributed by atoms with van der Waals surface area (Å²) in [4.78, 5) is 14.4. The Balaban J connectivity index is 1.32. The molecule has 1 fully saturated rings. The fraction of sp³-hybridized carbons (Fsp3) is 0.632. The third kappa shape index (κ3) is 4.96. The standard InChI is InChI=1S/C19H28N2O2/c1-15-6-7-18(23-15)14-21-10-8-17(9-11-21)13-20-19(22)12-16-4-2-3-5-16/h2,4,6-7,16-17H,3,5,8-14H2,1H3,(H,20,22). The molecule has 1 atom stereocenters. The molecule has 4 nitrogen and oxygen atoms in total. The van der Waals surface area contributed by atoms with Crippen LogP contribution in [-0.2, 0) is 11.3 Å². The number of rotatable bonds is 6. The summed E-state index contributed by atoms with van der Waals surface area (Å²) >= 11 is 0. The van der Waals surface area contributed by atoms with Gasteiger partial charge in [-0.1, -0.05) is 12.2 Å². The molecule has 1 amide bonds. The van der Waals surface area contributed by atoms with Gasteiger partial charge in [0.05, 0.1) is 6.54 Å². The van der Waals surface area contributed by atoms with Gasteiger partial charge in [-0.2, -0.15) is 0 Å². The van der Waals surface area contributed by atoms with Gasteiger partial charge in [0.25, 0.3) is 0 Å². The van der Waals surface area contributed by atoms with Crippen molar-refractivity contribution >= 4 is 5.91 Å². The predicted octanol–water partition coefficient (Wildman–Crippen LogP) is 3.27. The molecule has 2 heterocycles. The highest BCUT2D eigenvalue weighted by Crippen LogP contribution is 2.21. The number of carbonyl (C=O) groups excluding carboxylic acids is 1. The summed E-state index contributed by atoms with van der Waals surface area (Å²) in [6.45, 7) is 5.90. The molecular weight excluding hydrogens is 288 g/mol. The smallest absolute Gasteiger partial charge is 0.220 e. The molecule has 1 unspecified atom stereocenters. The van der Waals surface area contributed by atoms with Crippen molar-refractivity contribution in [1.29, 1.82) is 0 Å². The second-order valence-electron chi connectivity index (χ2n) is 7.01. The SMILES string of the molecule is Cc1ccc(CN2CCC(CNC(=O)CC3C=CCC3)CC2)o1. The Hall–Kier alpha value is -1.55. The summed E-state index contributed by atoms with van der Waals surface area (Å²) in [6, 6.07) is 4.09. The Labute approximate surface area is 138 Å². The van der Waals surface area contributed by atoms with E-state index in [1.807, 2.05) is 13.0 Å². The van der Waals surface area contributed by atoms with Crippen LogP contribution in [0, 0.1) is 18.8 Å². The molecule has 0 bridgehead atoms. The zero-order valence-electron chi connectivity index (χ0n) is 14.1. The zero-order chi connectivity index (χ0) is 16.1. The second-order valence-corrected chi connectivity index (χ2v) is 7.01. The first-order valence-corrected chi connectivity index (χ1v) is 8.90. The molecule has 1 N–H and O–H groups in total. The average Bonchev–Trinajstić information content (AvgIpc) is 3.18. The van der Waals surface area contributed by atoms with Gasteiger partial charge in [-0.25, -0.2) is 0 Å². The van der Waals surface area contributed by atoms with Crippen LogP contribution in [-0.4, -0.2) is 30.4 Å². The number of piperidine rings is 1. The largest absolute Gasteiger partial charge is 0.465 e. The Morgan fingerprint density at radius 3 is 2.78 bits per heavy atom. The Morgan fingerprint density at radius 2 is 2.13 bits per heavy atom. The lowest BCUT2D eigenvalue weighted by molar-refractivity contribution is -0.122. The minimum absolute atomic E-state index is 0.218. The molecule has 1 aromatic rings. The highest BCUT2D eigenvalue weighted by atomic mass is 16.3. The van der Waals surface area contributed by atoms with Gasteiger partial charge in [-0.3, -0.25) is 9.69 Å². The van der Waals surface area contributed by atoms with Gasteiger partial charge in [0.15, 0.2) is 0 Å². The fourth-order valence-electron chi connectivity index (χ4n) is 3.57. The van der Waals surface area contributed by atoms with E-state index >= 15 is 0 Å². The molecule has 1 aliphatic heterocycles. The minimum Gasteiger partial charge on any atom is -0.465 e. The van der Waals surface area contributed by atoms with Crippen LogP contribution in [0.25, 0.3) is 0 Å². The molecule has 0 radical (unpaired) electrons. The second kappa shape index (κ2) is 7.82. The van der Waals surface area contributed by atoms with Gasteiger partial charge < -0.3 is 9.73 Å². The van der Waals surface area contributed by atoms with Gasteiger partial charge in [0.1, 0.15) is 11.5 Å². The van der Waals surface area contributed by atoms with E-state index < -0.39 is 0 Å². The summed E-state index contributed by atoms with van der Waals surface area (Å²) in [5.74, 6) is 3.34. The Kier molecular flexibility index (Phi) is 5.55. The highest BCUT2D eigenvalue weighted by Gasteiger charge is 2.21. The number of carbonyl (C=O) groups is 1. The van der Waals surface area contributed by atoms with Crippen LogP contribution in [0.1, 0.15) is 43.6 Å². The lowest BCUT2D eigenvalue weighted by Crippen LogP contribution is -2.38. The van der Waals surface area contributed by atoms with Crippen LogP contribution in [0.3, 0.4) is 0 Å². The van der Waals surface area contributed by atoms with Crippen LogP contribution in [0.15, 0.2) is 28.7 Å². The molecule has 126 valence electrons. The van der Waals surface area contributed by atoms with Crippen molar-refractivity contribution in [2.75, 3.05) is 19.6 Å². The van der Waals surface area contributed by atoms with Gasteiger partial charge in [0.2, 0.25) is 5.91 Å². The number of amides is 1. The summed E-state index contributed by atoms with van der Waals surface area (Å²) in [7, 11) is 0. The molecule has 0 saturated carbocycles. The number of hydrogen-bond donors (Lipinski definition) is 1. The van der Waals surface area contributed by atoms with Crippen molar-refractivity contribution in [2.24, 2.45) is 11.8 Å². The van der Waals surface area contributed by atoms with E-state index in [1.165, 1.54) is 0 Å². The Morgan fingerprint density at radius 1 is 1.30 bits per heavy atom. The van der Waals surface area contributed by atoms with E-state index in [1.54, 1.807) is 0 Å². The number of nitrogens with one attached hydrogen (secondary N) is 1. The maximum absolute atomic E-state index is 12.0. The maximum Gasteiger partial charge on any atom is 0.220 e. The third-order valence-corrected chi connectivity index (χ3v) is 5.03. The average molecular weight is 316 g/mol. The summed E-state index contributed by atoms with van der Waals surface area (Å²) in [5, 5.41) is 3.14. The van der Waals surface area contributed by atoms with Crippen molar-refractivity contribution in [1.82, 2.24) is 10.2 Å². The molecular formula is C19H28N2O2. The molecule has 1 aromatic heterocycles. The maximum atomic E-state index is 12.0. The van der Waals surface area contributed by atoms with E-state index in [0.29, 0.717) is 18.3 Å². The number of hydrogen-bond acceptors (Lipinski definition) is 3. The normalized spacial score (nSPS) is 22.6. The fourth-order valence-corrected chi connectivity index (χ4v) is 3.57. The van der Waals surface area contributed by atoms with E-state index in [4.69, 9.17) is 4.42 Å². The van der Waals surface area contributed by atoms with Crippen LogP contribution in [0.2, 0.25) is 0 Å². The molecule has 2 aliphatic rings. The lowest BCUT2D eigenvalue weighted by Gasteiger charge is -2.31. The van der Waals surface area contributed by atoms with Crippen molar-refractivity contribution in [2.45, 2.75) is 45.6 Å². The Bertz CT molecular complexity index is 541. The number of likely N-dealkylation sites (tertiary alicyclic amines) is 1. The number of nitrogens with zero attached hydrogens (tertiary/aromatic N) is 1. The topological polar surface area (TPSA) is 45.5 Å². The molecule has 0 spiro atoms. The molecule has 1 saturated heterocycles. The molecule has 1 aliphatic carbocycles. The zero-order valence-corrected chi connectivity index (χ0v) is 14.1. The molecule has 0 aromatic carbocycles. The quantitative estimate of drug-likeness (QED) is 0.819. The third-order valence-electron chi connectivity index (χ3n) is 5.03. The summed E-state index contributed by atoms with van der Waals surface area (Å²) in [5.41, 5.74) is 0. The summed E-state index contributed by atoms with van der Waals surface area (Å²) < 4.78 is 5.65. The van der Waals surface area contributed by atoms with Gasteiger partial charge in [-0.15, -0.1) is 0 Å². The predicted molar refractivity (Wildman–Crippen MR) is 90.9 cm³/mol. The molecule has 4 heteroatoms. The van der Waals surface area contributed by atoms with Crippen LogP contribution < -0.4 is 5.32 Å². The first-order valence-electron chi connectivity index (χ1n) is 8.90. The van der Waals surface area contributed by atoms with E-state index in [0.717, 1.165) is 63.4 Å². The minimum atomic E-state index is 0.218. The van der Waals surface area contributed by atoms with Gasteiger partial charge >= 0.3 is 0 Å². The first-order chi connectivity index (χ1) is 11.2. The molecule has 23 heavy (non-hydrogen) atoms. The van der Waals surface area contributed by atoms with Gasteiger partial charge in [-0.05, 0) is 69.7 Å². The summed E-state index contributed by atoms with van der Waals surface area (Å²) in [6.07, 6.45) is 9.62. The van der Waals surface area contributed by atoms with Crippen molar-refractivity contribution in [3.63, 3.8) is 0 Å². The van der Waals surface area contributed by atoms with Crippen LogP contribution >= 0.6 is 0 Å². The lowest BCUT2D eigenvalue weighted by atomic mass is 9.96. The van der Waals surface area contributed by atoms with Gasteiger partial charge in [0, 0.05) is 13.0 Å². The van der Waals surface area contributed by atoms with Crippen molar-refractivity contribution in [3.05, 3.63) is 35.8 Å². The van der Waals surface area contributed by atoms with Crippen LogP contribution in [0.4, 0.5) is 0 Å². The monoisotopic (exact) mass is 316 g/mol. The van der Waals surface area contributed by atoms with Crippen molar-refractivity contribution in [3.8, 4) is 0 Å². The highest BCUT2D eigenvalue weighted by molar-refractivity contribution is 5.76. The van der Waals surface area contributed by atoms with Crippen LogP contribution in [0.5, 0.6) is 0 Å². The number of aryl methyl sites for hydroxylation is 1. The number of furan rings is 1. The van der Waals surface area contributed by atoms with E-state index in [-0.39, 0.29) is 5.91 Å². The van der Waals surface area contributed by atoms with E-state index in [2.05, 4.69) is 28.4 Å². The van der Waals surface area contributed by atoms with E-state index in [9.17, 15) is 4.79 Å². The molecule has 3 rings (SSSR count). The number of allylic oxidation sites excluding steroid dienone is 2.